The number of rotatable bonds is 7. The highest BCUT2D eigenvalue weighted by Crippen LogP contribution is 2.39. The van der Waals surface area contributed by atoms with Crippen LogP contribution in [0.15, 0.2) is 29.2 Å². The van der Waals surface area contributed by atoms with E-state index in [1.807, 2.05) is 11.8 Å². The van der Waals surface area contributed by atoms with Crippen LogP contribution in [-0.4, -0.2) is 11.5 Å². The summed E-state index contributed by atoms with van der Waals surface area (Å²) in [5, 5.41) is 1.51. The van der Waals surface area contributed by atoms with Gasteiger partial charge in [0.25, 0.3) is 0 Å². The molecule has 0 unspecified atom stereocenters. The van der Waals surface area contributed by atoms with E-state index in [-0.39, 0.29) is 16.2 Å². The van der Waals surface area contributed by atoms with Gasteiger partial charge in [0.1, 0.15) is 0 Å². The van der Waals surface area contributed by atoms with Crippen LogP contribution in [0.25, 0.3) is 0 Å². The minimum atomic E-state index is 0.104. The molecule has 0 saturated carbocycles. The highest BCUT2D eigenvalue weighted by atomic mass is 32.2. The predicted molar refractivity (Wildman–Crippen MR) is 175 cm³/mol. The molecule has 0 aromatic heterocycles. The average molecular weight is 539 g/mol. The van der Waals surface area contributed by atoms with Gasteiger partial charge in [-0.1, -0.05) is 136 Å². The molecule has 206 valence electrons. The van der Waals surface area contributed by atoms with Crippen molar-refractivity contribution in [3.63, 3.8) is 0 Å². The SMILES string of the molecule is CC(C)c1cc(C(C)C)c(SCC=Pc2c(C(C)(C)C)cc(C(C)(C)C)cc2C(C)(C)C)c(C(C)C)c1. The Morgan fingerprint density at radius 1 is 0.649 bits per heavy atom. The zero-order chi connectivity index (χ0) is 28.5. The van der Waals surface area contributed by atoms with E-state index >= 15 is 0 Å². The van der Waals surface area contributed by atoms with E-state index in [0.29, 0.717) is 17.8 Å². The van der Waals surface area contributed by atoms with E-state index in [9.17, 15) is 0 Å². The number of benzene rings is 2. The first-order valence-electron chi connectivity index (χ1n) is 14.3. The smallest absolute Gasteiger partial charge is 0.0207 e. The molecule has 0 radical (unpaired) electrons. The number of hydrogen-bond donors (Lipinski definition) is 0. The maximum Gasteiger partial charge on any atom is 0.0207 e. The summed E-state index contributed by atoms with van der Waals surface area (Å²) in [6, 6.07) is 9.94. The van der Waals surface area contributed by atoms with Gasteiger partial charge >= 0.3 is 0 Å². The van der Waals surface area contributed by atoms with Crippen LogP contribution in [0.3, 0.4) is 0 Å². The highest BCUT2D eigenvalue weighted by Gasteiger charge is 2.28. The Morgan fingerprint density at radius 3 is 1.41 bits per heavy atom. The second kappa shape index (κ2) is 12.0. The van der Waals surface area contributed by atoms with E-state index in [4.69, 9.17) is 0 Å². The molecule has 2 aromatic rings. The fourth-order valence-electron chi connectivity index (χ4n) is 4.66. The Kier molecular flexibility index (Phi) is 10.4. The van der Waals surface area contributed by atoms with E-state index < -0.39 is 0 Å². The fraction of sp³-hybridized carbons (Fsp3) is 0.629. The van der Waals surface area contributed by atoms with Gasteiger partial charge in [-0.25, -0.2) is 0 Å². The average Bonchev–Trinajstić information content (AvgIpc) is 2.73. The number of hydrogen-bond acceptors (Lipinski definition) is 1. The van der Waals surface area contributed by atoms with Crippen molar-refractivity contribution in [1.82, 2.24) is 0 Å². The van der Waals surface area contributed by atoms with Gasteiger partial charge in [0.2, 0.25) is 0 Å². The third-order valence-electron chi connectivity index (χ3n) is 7.19. The van der Waals surface area contributed by atoms with Crippen LogP contribution in [-0.2, 0) is 16.2 Å². The lowest BCUT2D eigenvalue weighted by Crippen LogP contribution is -2.29. The molecule has 37 heavy (non-hydrogen) atoms. The van der Waals surface area contributed by atoms with E-state index in [1.54, 1.807) is 0 Å². The van der Waals surface area contributed by atoms with Gasteiger partial charge in [-0.2, -0.15) is 0 Å². The van der Waals surface area contributed by atoms with Gasteiger partial charge in [-0.3, -0.25) is 0 Å². The summed E-state index contributed by atoms with van der Waals surface area (Å²) in [7, 11) is 1.33. The molecule has 0 saturated heterocycles. The molecule has 0 aliphatic carbocycles. The van der Waals surface area contributed by atoms with Gasteiger partial charge in [-0.05, 0) is 73.2 Å². The third kappa shape index (κ3) is 8.22. The van der Waals surface area contributed by atoms with Gasteiger partial charge in [0.05, 0.1) is 0 Å². The van der Waals surface area contributed by atoms with Crippen molar-refractivity contribution in [1.29, 1.82) is 0 Å². The largest absolute Gasteiger partial charge is 0.121 e. The first-order chi connectivity index (χ1) is 16.7. The summed E-state index contributed by atoms with van der Waals surface area (Å²) >= 11 is 2.04. The molecular weight excluding hydrogens is 483 g/mol. The van der Waals surface area contributed by atoms with E-state index in [1.165, 1.54) is 51.8 Å². The van der Waals surface area contributed by atoms with E-state index in [0.717, 1.165) is 5.75 Å². The molecule has 2 aromatic carbocycles. The van der Waals surface area contributed by atoms with Crippen molar-refractivity contribution in [2.75, 3.05) is 5.75 Å². The predicted octanol–water partition coefficient (Wildman–Crippen LogP) is 11.1. The fourth-order valence-corrected chi connectivity index (χ4v) is 7.60. The molecule has 0 spiro atoms. The van der Waals surface area contributed by atoms with Crippen molar-refractivity contribution in [2.45, 2.75) is 143 Å². The summed E-state index contributed by atoms with van der Waals surface area (Å²) in [6.45, 7) is 35.2. The highest BCUT2D eigenvalue weighted by molar-refractivity contribution is 8.00. The summed E-state index contributed by atoms with van der Waals surface area (Å²) in [4.78, 5) is 1.51. The summed E-state index contributed by atoms with van der Waals surface area (Å²) in [5.41, 5.74) is 9.30. The molecular formula is C35H55PS. The number of thioether (sulfide) groups is 1. The Hall–Kier alpha value is -1.04. The van der Waals surface area contributed by atoms with Crippen LogP contribution in [0, 0.1) is 0 Å². The summed E-state index contributed by atoms with van der Waals surface area (Å²) in [5.74, 6) is 5.14. The quantitative estimate of drug-likeness (QED) is 0.249. The Bertz CT molecular complexity index is 1030. The lowest BCUT2D eigenvalue weighted by molar-refractivity contribution is 0.554. The van der Waals surface area contributed by atoms with E-state index in [2.05, 4.69) is 134 Å². The van der Waals surface area contributed by atoms with Crippen LogP contribution >= 0.6 is 20.0 Å². The molecule has 0 bridgehead atoms. The van der Waals surface area contributed by atoms with Crippen LogP contribution < -0.4 is 5.30 Å². The second-order valence-corrected chi connectivity index (χ2v) is 16.9. The van der Waals surface area contributed by atoms with Crippen molar-refractivity contribution in [2.24, 2.45) is 0 Å². The second-order valence-electron chi connectivity index (χ2n) is 14.8. The van der Waals surface area contributed by atoms with Crippen LogP contribution in [0.1, 0.15) is 155 Å². The minimum Gasteiger partial charge on any atom is -0.121 e. The maximum atomic E-state index is 2.51. The van der Waals surface area contributed by atoms with Crippen molar-refractivity contribution in [3.05, 3.63) is 57.6 Å². The monoisotopic (exact) mass is 538 g/mol. The van der Waals surface area contributed by atoms with Crippen LogP contribution in [0.2, 0.25) is 0 Å². The topological polar surface area (TPSA) is 0 Å². The van der Waals surface area contributed by atoms with Crippen molar-refractivity contribution < 1.29 is 0 Å². The molecule has 2 heteroatoms. The molecule has 2 rings (SSSR count). The molecule has 0 N–H and O–H groups in total. The molecule has 0 aliphatic rings. The van der Waals surface area contributed by atoms with Crippen molar-refractivity contribution in [3.8, 4) is 0 Å². The Balaban J connectivity index is 2.57. The zero-order valence-electron chi connectivity index (χ0n) is 26.7. The normalized spacial score (nSPS) is 13.6. The van der Waals surface area contributed by atoms with Gasteiger partial charge < -0.3 is 0 Å². The maximum absolute atomic E-state index is 2.51. The van der Waals surface area contributed by atoms with Crippen LogP contribution in [0.5, 0.6) is 0 Å². The molecule has 0 fully saturated rings. The van der Waals surface area contributed by atoms with Crippen molar-refractivity contribution >= 4 is 31.1 Å². The van der Waals surface area contributed by atoms with Gasteiger partial charge in [0, 0.05) is 16.0 Å². The molecule has 0 amide bonds. The molecule has 0 aliphatic heterocycles. The summed E-state index contributed by atoms with van der Waals surface area (Å²) < 4.78 is 0. The molecule has 0 atom stereocenters. The standard InChI is InChI=1S/C35H55PS/c1-22(2)25-18-27(23(3)4)32(28(19-25)24(5)6)37-17-16-36-31-29(34(10,11)12)20-26(33(7,8)9)21-30(31)35(13,14)15/h16,18-24H,17H2,1-15H3. The lowest BCUT2D eigenvalue weighted by atomic mass is 9.75. The lowest BCUT2D eigenvalue weighted by Gasteiger charge is -2.32. The Morgan fingerprint density at radius 2 is 1.08 bits per heavy atom. The minimum absolute atomic E-state index is 0.104. The van der Waals surface area contributed by atoms with Gasteiger partial charge in [0.15, 0.2) is 0 Å². The Labute approximate surface area is 236 Å². The molecule has 0 heterocycles. The van der Waals surface area contributed by atoms with Crippen LogP contribution in [0.4, 0.5) is 0 Å². The first-order valence-corrected chi connectivity index (χ1v) is 16.2. The first kappa shape index (κ1) is 32.2. The third-order valence-corrected chi connectivity index (χ3v) is 9.64. The zero-order valence-corrected chi connectivity index (χ0v) is 28.4. The molecule has 0 nitrogen and oxygen atoms in total. The van der Waals surface area contributed by atoms with Gasteiger partial charge in [-0.15, -0.1) is 11.8 Å². The summed E-state index contributed by atoms with van der Waals surface area (Å²) in [6.07, 6.45) is 0.